The number of hydrogen-bond donors (Lipinski definition) is 3. The number of sulfonamides is 2. The van der Waals surface area contributed by atoms with Gasteiger partial charge in [0.05, 0.1) is 28.7 Å². The first-order valence-electron chi connectivity index (χ1n) is 10.9. The summed E-state index contributed by atoms with van der Waals surface area (Å²) >= 11 is 5.32. The molecular formula is C22H25N5O6S3. The Morgan fingerprint density at radius 2 is 1.42 bits per heavy atom. The number of hydrogen-bond acceptors (Lipinski definition) is 8. The number of morpholine rings is 1. The minimum Gasteiger partial charge on any atom is -0.379 e. The van der Waals surface area contributed by atoms with Gasteiger partial charge in [-0.05, 0) is 74.6 Å². The molecule has 1 fully saturated rings. The van der Waals surface area contributed by atoms with Gasteiger partial charge in [0.2, 0.25) is 15.9 Å². The maximum absolute atomic E-state index is 12.7. The molecule has 0 bridgehead atoms. The molecule has 4 rings (SSSR count). The molecule has 0 saturated carbocycles. The highest BCUT2D eigenvalue weighted by molar-refractivity contribution is 7.92. The molecule has 0 unspecified atom stereocenters. The number of anilines is 3. The van der Waals surface area contributed by atoms with Gasteiger partial charge in [-0.1, -0.05) is 5.16 Å². The minimum atomic E-state index is -3.86. The fourth-order valence-corrected chi connectivity index (χ4v) is 6.04. The molecule has 2 aromatic carbocycles. The van der Waals surface area contributed by atoms with Gasteiger partial charge in [-0.2, -0.15) is 4.31 Å². The van der Waals surface area contributed by atoms with E-state index in [0.29, 0.717) is 48.9 Å². The molecule has 3 N–H and O–H groups in total. The number of nitrogens with zero attached hydrogens (tertiary/aromatic N) is 2. The highest BCUT2D eigenvalue weighted by Crippen LogP contribution is 2.23. The van der Waals surface area contributed by atoms with E-state index in [0.717, 1.165) is 0 Å². The van der Waals surface area contributed by atoms with E-state index in [2.05, 4.69) is 20.5 Å². The summed E-state index contributed by atoms with van der Waals surface area (Å²) in [5.41, 5.74) is 2.36. The molecule has 3 aromatic rings. The van der Waals surface area contributed by atoms with Gasteiger partial charge in [0, 0.05) is 30.0 Å². The lowest BCUT2D eigenvalue weighted by atomic mass is 10.3. The van der Waals surface area contributed by atoms with E-state index >= 15 is 0 Å². The maximum Gasteiger partial charge on any atom is 0.264 e. The summed E-state index contributed by atoms with van der Waals surface area (Å²) in [6, 6.07) is 12.3. The molecule has 1 saturated heterocycles. The molecule has 0 spiro atoms. The van der Waals surface area contributed by atoms with Crippen LogP contribution in [0.5, 0.6) is 0 Å². The third-order valence-electron chi connectivity index (χ3n) is 5.53. The normalized spacial score (nSPS) is 14.8. The van der Waals surface area contributed by atoms with Crippen LogP contribution in [-0.4, -0.2) is 57.7 Å². The van der Waals surface area contributed by atoms with Gasteiger partial charge < -0.3 is 19.9 Å². The Morgan fingerprint density at radius 3 is 1.92 bits per heavy atom. The third kappa shape index (κ3) is 5.84. The largest absolute Gasteiger partial charge is 0.379 e. The van der Waals surface area contributed by atoms with E-state index in [1.165, 1.54) is 28.6 Å². The second-order valence-corrected chi connectivity index (χ2v) is 12.0. The molecule has 0 aliphatic carbocycles. The smallest absolute Gasteiger partial charge is 0.264 e. The van der Waals surface area contributed by atoms with Crippen molar-refractivity contribution in [3.05, 3.63) is 59.8 Å². The molecule has 1 aliphatic heterocycles. The zero-order chi connectivity index (χ0) is 25.9. The van der Waals surface area contributed by atoms with Gasteiger partial charge in [0.15, 0.2) is 5.11 Å². The van der Waals surface area contributed by atoms with Crippen LogP contribution in [0.25, 0.3) is 0 Å². The van der Waals surface area contributed by atoms with E-state index in [9.17, 15) is 16.8 Å². The minimum absolute atomic E-state index is 0.0393. The number of thiocarbonyl (C=S) groups is 1. The zero-order valence-electron chi connectivity index (χ0n) is 19.5. The van der Waals surface area contributed by atoms with Gasteiger partial charge in [0.1, 0.15) is 0 Å². The first kappa shape index (κ1) is 26.0. The lowest BCUT2D eigenvalue weighted by Crippen LogP contribution is -2.40. The summed E-state index contributed by atoms with van der Waals surface area (Å²) < 4.78 is 64.8. The molecule has 36 heavy (non-hydrogen) atoms. The molecule has 14 heteroatoms. The van der Waals surface area contributed by atoms with Crippen molar-refractivity contribution < 1.29 is 26.1 Å². The van der Waals surface area contributed by atoms with Crippen molar-refractivity contribution >= 4 is 54.6 Å². The van der Waals surface area contributed by atoms with Crippen molar-refractivity contribution in [2.75, 3.05) is 41.7 Å². The highest BCUT2D eigenvalue weighted by atomic mass is 32.2. The Morgan fingerprint density at radius 1 is 0.889 bits per heavy atom. The lowest BCUT2D eigenvalue weighted by Gasteiger charge is -2.26. The van der Waals surface area contributed by atoms with Crippen molar-refractivity contribution in [1.82, 2.24) is 9.46 Å². The first-order chi connectivity index (χ1) is 17.1. The van der Waals surface area contributed by atoms with E-state index in [4.69, 9.17) is 21.5 Å². The number of benzene rings is 2. The van der Waals surface area contributed by atoms with Gasteiger partial charge >= 0.3 is 0 Å². The predicted molar refractivity (Wildman–Crippen MR) is 139 cm³/mol. The molecule has 1 aliphatic rings. The van der Waals surface area contributed by atoms with E-state index in [1.807, 2.05) is 0 Å². The van der Waals surface area contributed by atoms with E-state index in [-0.39, 0.29) is 20.8 Å². The lowest BCUT2D eigenvalue weighted by molar-refractivity contribution is 0.0730. The highest BCUT2D eigenvalue weighted by Gasteiger charge is 2.26. The van der Waals surface area contributed by atoms with Crippen LogP contribution in [0, 0.1) is 13.8 Å². The van der Waals surface area contributed by atoms with Crippen molar-refractivity contribution in [3.63, 3.8) is 0 Å². The van der Waals surface area contributed by atoms with Crippen LogP contribution in [0.1, 0.15) is 11.3 Å². The quantitative estimate of drug-likeness (QED) is 0.375. The fourth-order valence-electron chi connectivity index (χ4n) is 3.35. The number of ether oxygens (including phenoxy) is 1. The molecule has 192 valence electrons. The molecule has 0 atom stereocenters. The Balaban J connectivity index is 1.36. The van der Waals surface area contributed by atoms with E-state index < -0.39 is 20.0 Å². The van der Waals surface area contributed by atoms with Crippen molar-refractivity contribution in [2.45, 2.75) is 23.6 Å². The summed E-state index contributed by atoms with van der Waals surface area (Å²) in [5, 5.41) is 9.93. The number of aromatic nitrogens is 1. The Hall–Kier alpha value is -3.04. The summed E-state index contributed by atoms with van der Waals surface area (Å²) in [6.07, 6.45) is 0. The van der Waals surface area contributed by atoms with Crippen LogP contribution in [-0.2, 0) is 24.8 Å². The van der Waals surface area contributed by atoms with Crippen molar-refractivity contribution in [2.24, 2.45) is 0 Å². The van der Waals surface area contributed by atoms with Crippen LogP contribution < -0.4 is 15.4 Å². The summed E-state index contributed by atoms with van der Waals surface area (Å²) in [7, 11) is -7.44. The van der Waals surface area contributed by atoms with Crippen LogP contribution in [0.3, 0.4) is 0 Å². The molecule has 1 aromatic heterocycles. The van der Waals surface area contributed by atoms with Crippen molar-refractivity contribution in [1.29, 1.82) is 0 Å². The topological polar surface area (TPSA) is 143 Å². The second-order valence-electron chi connectivity index (χ2n) is 7.97. The van der Waals surface area contributed by atoms with Crippen LogP contribution in [0.15, 0.2) is 62.8 Å². The molecular weight excluding hydrogens is 526 g/mol. The van der Waals surface area contributed by atoms with Crippen molar-refractivity contribution in [3.8, 4) is 0 Å². The third-order valence-corrected chi connectivity index (χ3v) is 8.99. The summed E-state index contributed by atoms with van der Waals surface area (Å²) in [6.45, 7) is 4.83. The summed E-state index contributed by atoms with van der Waals surface area (Å²) in [5.74, 6) is 0.0730. The standard InChI is InChI=1S/C22H25N5O6S3/c1-15-16(2)25-33-21(15)26-35(28,29)19-7-3-17(4-8-19)23-22(34)24-18-5-9-20(10-6-18)36(30,31)27-11-13-32-14-12-27/h3-10,26H,11-14H2,1-2H3,(H2,23,24,34). The molecule has 0 amide bonds. The zero-order valence-corrected chi connectivity index (χ0v) is 22.0. The van der Waals surface area contributed by atoms with Gasteiger partial charge in [-0.15, -0.1) is 0 Å². The average molecular weight is 552 g/mol. The molecule has 11 nitrogen and oxygen atoms in total. The van der Waals surface area contributed by atoms with E-state index in [1.54, 1.807) is 38.1 Å². The molecule has 2 heterocycles. The Bertz CT molecular complexity index is 1450. The summed E-state index contributed by atoms with van der Waals surface area (Å²) in [4.78, 5) is 0.229. The Kier molecular flexibility index (Phi) is 7.61. The fraction of sp³-hybridized carbons (Fsp3) is 0.273. The van der Waals surface area contributed by atoms with Gasteiger partial charge in [-0.25, -0.2) is 21.6 Å². The van der Waals surface area contributed by atoms with Gasteiger partial charge in [0.25, 0.3) is 10.0 Å². The average Bonchev–Trinajstić information content (AvgIpc) is 3.17. The monoisotopic (exact) mass is 551 g/mol. The van der Waals surface area contributed by atoms with Gasteiger partial charge in [-0.3, -0.25) is 0 Å². The SMILES string of the molecule is Cc1noc(NS(=O)(=O)c2ccc(NC(=S)Nc3ccc(S(=O)(=O)N4CCOCC4)cc3)cc2)c1C. The van der Waals surface area contributed by atoms with Crippen LogP contribution in [0.4, 0.5) is 17.3 Å². The number of nitrogens with one attached hydrogen (secondary N) is 3. The second kappa shape index (κ2) is 10.5. The number of aryl methyl sites for hydroxylation is 1. The van der Waals surface area contributed by atoms with Crippen LogP contribution >= 0.6 is 12.2 Å². The Labute approximate surface area is 214 Å². The first-order valence-corrected chi connectivity index (χ1v) is 14.2. The maximum atomic E-state index is 12.7. The predicted octanol–water partition coefficient (Wildman–Crippen LogP) is 2.92. The van der Waals surface area contributed by atoms with Crippen LogP contribution in [0.2, 0.25) is 0 Å². The number of rotatable bonds is 7. The molecule has 0 radical (unpaired) electrons.